The van der Waals surface area contributed by atoms with Crippen LogP contribution in [-0.2, 0) is 4.74 Å². The Labute approximate surface area is 115 Å². The molecule has 1 saturated carbocycles. The van der Waals surface area contributed by atoms with Crippen LogP contribution >= 0.6 is 0 Å². The number of rotatable bonds is 7. The third kappa shape index (κ3) is 3.56. The molecule has 1 heterocycles. The Morgan fingerprint density at radius 3 is 2.58 bits per heavy atom. The van der Waals surface area contributed by atoms with Gasteiger partial charge in [-0.1, -0.05) is 6.92 Å². The summed E-state index contributed by atoms with van der Waals surface area (Å²) in [5.74, 6) is 3.87. The molecule has 1 aliphatic carbocycles. The molecule has 106 valence electrons. The fourth-order valence-corrected chi connectivity index (χ4v) is 2.09. The van der Waals surface area contributed by atoms with E-state index in [1.807, 2.05) is 14.0 Å². The zero-order chi connectivity index (χ0) is 13.8. The first-order chi connectivity index (χ1) is 9.15. The van der Waals surface area contributed by atoms with Crippen LogP contribution < -0.4 is 10.6 Å². The number of methoxy groups -OCH3 is 1. The van der Waals surface area contributed by atoms with Gasteiger partial charge >= 0.3 is 0 Å². The van der Waals surface area contributed by atoms with Crippen LogP contribution in [0.15, 0.2) is 0 Å². The molecule has 1 unspecified atom stereocenters. The molecule has 1 fully saturated rings. The van der Waals surface area contributed by atoms with E-state index >= 15 is 0 Å². The molecule has 19 heavy (non-hydrogen) atoms. The number of hydrogen-bond acceptors (Lipinski definition) is 5. The summed E-state index contributed by atoms with van der Waals surface area (Å²) in [6, 6.07) is 0. The molecule has 1 aromatic rings. The molecule has 1 atom stereocenters. The molecule has 0 spiro atoms. The molecule has 0 radical (unpaired) electrons. The largest absolute Gasteiger partial charge is 0.384 e. The van der Waals surface area contributed by atoms with E-state index in [0.29, 0.717) is 11.8 Å². The fraction of sp³-hybridized carbons (Fsp3) is 0.714. The average Bonchev–Trinajstić information content (AvgIpc) is 3.22. The van der Waals surface area contributed by atoms with Gasteiger partial charge in [-0.15, -0.1) is 0 Å². The molecular formula is C14H24N4O. The topological polar surface area (TPSA) is 59.1 Å². The predicted octanol–water partition coefficient (Wildman–Crippen LogP) is 2.40. The Hall–Kier alpha value is -1.36. The zero-order valence-corrected chi connectivity index (χ0v) is 12.3. The molecule has 0 aliphatic heterocycles. The van der Waals surface area contributed by atoms with Crippen molar-refractivity contribution < 1.29 is 4.74 Å². The highest BCUT2D eigenvalue weighted by Crippen LogP contribution is 2.39. The Morgan fingerprint density at radius 2 is 2.00 bits per heavy atom. The minimum atomic E-state index is 0.460. The van der Waals surface area contributed by atoms with E-state index in [4.69, 9.17) is 4.74 Å². The van der Waals surface area contributed by atoms with E-state index < -0.39 is 0 Å². The lowest BCUT2D eigenvalue weighted by atomic mass is 10.2. The highest BCUT2D eigenvalue weighted by atomic mass is 16.5. The van der Waals surface area contributed by atoms with Crippen LogP contribution in [0.3, 0.4) is 0 Å². The third-order valence-electron chi connectivity index (χ3n) is 3.41. The molecule has 0 aromatic carbocycles. The summed E-state index contributed by atoms with van der Waals surface area (Å²) in [5.41, 5.74) is 1.08. The first-order valence-corrected chi connectivity index (χ1v) is 6.94. The van der Waals surface area contributed by atoms with E-state index in [2.05, 4.69) is 27.5 Å². The summed E-state index contributed by atoms with van der Waals surface area (Å²) in [6.07, 6.45) is 2.43. The maximum atomic E-state index is 5.15. The Kier molecular flexibility index (Phi) is 4.58. The number of ether oxygens (including phenoxy) is 1. The van der Waals surface area contributed by atoms with Crippen molar-refractivity contribution in [1.82, 2.24) is 9.97 Å². The molecule has 5 nitrogen and oxygen atoms in total. The van der Waals surface area contributed by atoms with Crippen LogP contribution in [0, 0.1) is 12.8 Å². The van der Waals surface area contributed by atoms with Gasteiger partial charge in [-0.2, -0.15) is 0 Å². The first-order valence-electron chi connectivity index (χ1n) is 6.94. The average molecular weight is 264 g/mol. The minimum Gasteiger partial charge on any atom is -0.384 e. The quantitative estimate of drug-likeness (QED) is 0.792. The van der Waals surface area contributed by atoms with Crippen molar-refractivity contribution in [2.75, 3.05) is 37.9 Å². The van der Waals surface area contributed by atoms with Crippen molar-refractivity contribution >= 4 is 11.6 Å². The van der Waals surface area contributed by atoms with E-state index in [9.17, 15) is 0 Å². The number of anilines is 2. The minimum absolute atomic E-state index is 0.460. The van der Waals surface area contributed by atoms with Gasteiger partial charge in [0.05, 0.1) is 6.61 Å². The highest BCUT2D eigenvalue weighted by Gasteiger charge is 2.28. The zero-order valence-electron chi connectivity index (χ0n) is 12.3. The van der Waals surface area contributed by atoms with Crippen LogP contribution in [-0.4, -0.2) is 37.3 Å². The molecule has 0 saturated heterocycles. The standard InChI is InChI=1S/C14H24N4O/c1-9(8-19-4)7-16-13-10(2)12(15-3)17-14(18-13)11-5-6-11/h9,11H,5-8H2,1-4H3,(H2,15,16,17,18). The second-order valence-corrected chi connectivity index (χ2v) is 5.37. The lowest BCUT2D eigenvalue weighted by molar-refractivity contribution is 0.164. The van der Waals surface area contributed by atoms with E-state index in [1.54, 1.807) is 7.11 Å². The highest BCUT2D eigenvalue weighted by molar-refractivity contribution is 5.57. The van der Waals surface area contributed by atoms with Crippen LogP contribution in [0.1, 0.15) is 37.1 Å². The predicted molar refractivity (Wildman–Crippen MR) is 77.8 cm³/mol. The molecule has 2 rings (SSSR count). The second kappa shape index (κ2) is 6.19. The maximum Gasteiger partial charge on any atom is 0.136 e. The van der Waals surface area contributed by atoms with Crippen molar-refractivity contribution in [2.45, 2.75) is 32.6 Å². The van der Waals surface area contributed by atoms with Gasteiger partial charge in [0.1, 0.15) is 17.5 Å². The number of nitrogens with zero attached hydrogens (tertiary/aromatic N) is 2. The maximum absolute atomic E-state index is 5.15. The number of nitrogens with one attached hydrogen (secondary N) is 2. The summed E-state index contributed by atoms with van der Waals surface area (Å²) in [4.78, 5) is 9.26. The van der Waals surface area contributed by atoms with Crippen LogP contribution in [0.5, 0.6) is 0 Å². The first kappa shape index (κ1) is 14.1. The summed E-state index contributed by atoms with van der Waals surface area (Å²) in [5, 5.41) is 6.58. The molecule has 1 aliphatic rings. The SMILES string of the molecule is CNc1nc(C2CC2)nc(NCC(C)COC)c1C. The fourth-order valence-electron chi connectivity index (χ4n) is 2.09. The van der Waals surface area contributed by atoms with Gasteiger partial charge in [-0.05, 0) is 25.7 Å². The number of hydrogen-bond donors (Lipinski definition) is 2. The molecule has 0 amide bonds. The summed E-state index contributed by atoms with van der Waals surface area (Å²) in [7, 11) is 3.64. The molecule has 5 heteroatoms. The summed E-state index contributed by atoms with van der Waals surface area (Å²) < 4.78 is 5.15. The normalized spacial score (nSPS) is 16.2. The van der Waals surface area contributed by atoms with Gasteiger partial charge in [0.2, 0.25) is 0 Å². The van der Waals surface area contributed by atoms with Gasteiger partial charge in [-0.25, -0.2) is 9.97 Å². The van der Waals surface area contributed by atoms with Gasteiger partial charge in [0.15, 0.2) is 0 Å². The molecular weight excluding hydrogens is 240 g/mol. The monoisotopic (exact) mass is 264 g/mol. The van der Waals surface area contributed by atoms with E-state index in [1.165, 1.54) is 12.8 Å². The Morgan fingerprint density at radius 1 is 1.32 bits per heavy atom. The van der Waals surface area contributed by atoms with E-state index in [-0.39, 0.29) is 0 Å². The number of aromatic nitrogens is 2. The van der Waals surface area contributed by atoms with Crippen molar-refractivity contribution in [3.63, 3.8) is 0 Å². The van der Waals surface area contributed by atoms with Crippen LogP contribution in [0.2, 0.25) is 0 Å². The molecule has 0 bridgehead atoms. The lowest BCUT2D eigenvalue weighted by Gasteiger charge is -2.16. The van der Waals surface area contributed by atoms with Crippen molar-refractivity contribution in [3.8, 4) is 0 Å². The van der Waals surface area contributed by atoms with Crippen molar-refractivity contribution in [2.24, 2.45) is 5.92 Å². The summed E-state index contributed by atoms with van der Waals surface area (Å²) in [6.45, 7) is 5.82. The third-order valence-corrected chi connectivity index (χ3v) is 3.41. The van der Waals surface area contributed by atoms with Gasteiger partial charge in [0.25, 0.3) is 0 Å². The van der Waals surface area contributed by atoms with E-state index in [0.717, 1.165) is 36.2 Å². The van der Waals surface area contributed by atoms with Crippen molar-refractivity contribution in [3.05, 3.63) is 11.4 Å². The Bertz CT molecular complexity index is 432. The van der Waals surface area contributed by atoms with Gasteiger partial charge in [0, 0.05) is 32.2 Å². The van der Waals surface area contributed by atoms with Crippen LogP contribution in [0.25, 0.3) is 0 Å². The second-order valence-electron chi connectivity index (χ2n) is 5.37. The van der Waals surface area contributed by atoms with Gasteiger partial charge < -0.3 is 15.4 Å². The van der Waals surface area contributed by atoms with Crippen molar-refractivity contribution in [1.29, 1.82) is 0 Å². The summed E-state index contributed by atoms with van der Waals surface area (Å²) >= 11 is 0. The molecule has 2 N–H and O–H groups in total. The lowest BCUT2D eigenvalue weighted by Crippen LogP contribution is -2.18. The molecule has 1 aromatic heterocycles. The Balaban J connectivity index is 2.11. The van der Waals surface area contributed by atoms with Gasteiger partial charge in [-0.3, -0.25) is 0 Å². The van der Waals surface area contributed by atoms with Crippen LogP contribution in [0.4, 0.5) is 11.6 Å². The smallest absolute Gasteiger partial charge is 0.136 e.